The number of hydrogen-bond acceptors (Lipinski definition) is 8. The molecule has 2 N–H and O–H groups in total. The van der Waals surface area contributed by atoms with Gasteiger partial charge < -0.3 is 28.7 Å². The number of halogens is 3. The van der Waals surface area contributed by atoms with Crippen LogP contribution in [0.1, 0.15) is 26.7 Å². The normalized spacial score (nSPS) is 21.5. The minimum Gasteiger partial charge on any atom is -0.756 e. The third-order valence-electron chi connectivity index (χ3n) is 5.51. The summed E-state index contributed by atoms with van der Waals surface area (Å²) in [5, 5.41) is 0. The van der Waals surface area contributed by atoms with Crippen LogP contribution in [0.5, 0.6) is 0 Å². The van der Waals surface area contributed by atoms with Crippen LogP contribution in [0, 0.1) is 0 Å². The van der Waals surface area contributed by atoms with Crippen LogP contribution in [0.25, 0.3) is 0 Å². The Morgan fingerprint density at radius 1 is 1.27 bits per heavy atom. The Bertz CT molecular complexity index is 1020. The van der Waals surface area contributed by atoms with E-state index in [1.807, 2.05) is 0 Å². The topological polar surface area (TPSA) is 155 Å². The molecule has 2 saturated heterocycles. The van der Waals surface area contributed by atoms with E-state index in [0.29, 0.717) is 6.42 Å². The van der Waals surface area contributed by atoms with Crippen LogP contribution < -0.4 is 68.7 Å². The predicted octanol–water partition coefficient (Wildman–Crippen LogP) is -4.22. The van der Waals surface area contributed by atoms with Crippen LogP contribution in [0.4, 0.5) is 18.0 Å². The van der Waals surface area contributed by atoms with Crippen LogP contribution >= 0.6 is 7.82 Å². The molecule has 1 unspecified atom stereocenters. The number of amides is 1. The summed E-state index contributed by atoms with van der Waals surface area (Å²) in [5.41, 5.74) is -0.751. The maximum absolute atomic E-state index is 13.0. The summed E-state index contributed by atoms with van der Waals surface area (Å²) < 4.78 is 91.2. The van der Waals surface area contributed by atoms with Gasteiger partial charge in [-0.05, 0) is 31.4 Å². The molecule has 0 radical (unpaired) electrons. The Kier molecular flexibility index (Phi) is 14.9. The molecule has 0 saturated carbocycles. The third-order valence-corrected chi connectivity index (χ3v) is 7.53. The Morgan fingerprint density at radius 3 is 2.35 bits per heavy atom. The molecule has 11 nitrogen and oxygen atoms in total. The predicted molar refractivity (Wildman–Crippen MR) is 113 cm³/mol. The van der Waals surface area contributed by atoms with Crippen molar-refractivity contribution in [2.75, 3.05) is 26.3 Å². The van der Waals surface area contributed by atoms with E-state index in [1.165, 1.54) is 12.1 Å². The zero-order valence-corrected chi connectivity index (χ0v) is 25.4. The number of likely N-dealkylation sites (tertiary alicyclic amines) is 1. The van der Waals surface area contributed by atoms with Crippen molar-refractivity contribution in [2.45, 2.75) is 55.5 Å². The van der Waals surface area contributed by atoms with E-state index in [0.717, 1.165) is 4.90 Å². The molecule has 2 heterocycles. The van der Waals surface area contributed by atoms with Crippen LogP contribution in [0.15, 0.2) is 35.2 Å². The SMILES string of the molecule is C.O=C(O[C@H](COP(=O)([O-])O)C(F)(F)F)N1CCC2(CC1)C[C@@H](NS(=O)(=O)c1ccccc1)CO2.[Na+].[Na+]. The summed E-state index contributed by atoms with van der Waals surface area (Å²) in [5.74, 6) is 0. The van der Waals surface area contributed by atoms with Crippen molar-refractivity contribution in [1.82, 2.24) is 9.62 Å². The number of benzene rings is 1. The fraction of sp³-hybridized carbons (Fsp3) is 0.632. The monoisotopic (exact) mass is 593 g/mol. The van der Waals surface area contributed by atoms with Crippen molar-refractivity contribution in [3.05, 3.63) is 30.3 Å². The molecular weight excluding hydrogens is 566 g/mol. The standard InChI is InChI=1S/C18H24F3N2O9PS.CH4.2Na/c19-18(20,21)15(12-31-33(25,26)27)32-16(24)23-8-6-17(7-9-23)10-13(11-30-17)22-34(28,29)14-4-2-1-3-5-14;;;/h1-5,13,15,22H,6-12H2,(H2,25,26,27);1H4;;/q;;2*+1/p-1/t13-,15-;;;/m1.../s1. The fourth-order valence-corrected chi connectivity index (χ4v) is 5.37. The van der Waals surface area contributed by atoms with Gasteiger partial charge in [-0.25, -0.2) is 17.9 Å². The second kappa shape index (κ2) is 14.8. The molecule has 1 aromatic rings. The first-order chi connectivity index (χ1) is 15.7. The second-order valence-corrected chi connectivity index (χ2v) is 10.9. The van der Waals surface area contributed by atoms with E-state index in [1.54, 1.807) is 18.2 Å². The number of rotatable bonds is 7. The first-order valence-corrected chi connectivity index (χ1v) is 13.1. The summed E-state index contributed by atoms with van der Waals surface area (Å²) >= 11 is 0. The van der Waals surface area contributed by atoms with Gasteiger partial charge in [-0.2, -0.15) is 13.2 Å². The summed E-state index contributed by atoms with van der Waals surface area (Å²) in [4.78, 5) is 32.4. The summed E-state index contributed by atoms with van der Waals surface area (Å²) in [7, 11) is -9.20. The minimum absolute atomic E-state index is 0. The number of carbonyl (C=O) groups excluding carboxylic acids is 1. The van der Waals surface area contributed by atoms with Gasteiger partial charge in [0.05, 0.1) is 17.1 Å². The number of nitrogens with zero attached hydrogens (tertiary/aromatic N) is 1. The van der Waals surface area contributed by atoms with Gasteiger partial charge in [0.25, 0.3) is 7.82 Å². The number of sulfonamides is 1. The van der Waals surface area contributed by atoms with Crippen LogP contribution in [-0.2, 0) is 28.6 Å². The minimum atomic E-state index is -5.44. The van der Waals surface area contributed by atoms with Crippen molar-refractivity contribution in [3.8, 4) is 0 Å². The van der Waals surface area contributed by atoms with Gasteiger partial charge in [0.15, 0.2) is 0 Å². The number of phosphoric ester groups is 1. The maximum Gasteiger partial charge on any atom is 1.00 e. The average molecular weight is 593 g/mol. The first-order valence-electron chi connectivity index (χ1n) is 10.1. The molecule has 1 aromatic carbocycles. The van der Waals surface area contributed by atoms with Crippen molar-refractivity contribution in [3.63, 3.8) is 0 Å². The van der Waals surface area contributed by atoms with Crippen molar-refractivity contribution in [2.24, 2.45) is 0 Å². The van der Waals surface area contributed by atoms with Gasteiger partial charge >= 0.3 is 71.4 Å². The van der Waals surface area contributed by atoms with E-state index in [9.17, 15) is 35.8 Å². The van der Waals surface area contributed by atoms with Crippen molar-refractivity contribution in [1.29, 1.82) is 0 Å². The molecule has 1 spiro atoms. The number of piperidine rings is 1. The quantitative estimate of drug-likeness (QED) is 0.237. The zero-order valence-electron chi connectivity index (χ0n) is 19.6. The Morgan fingerprint density at radius 2 is 1.84 bits per heavy atom. The first kappa shape index (κ1) is 37.3. The molecule has 0 bridgehead atoms. The van der Waals surface area contributed by atoms with Crippen LogP contribution in [0.2, 0.25) is 0 Å². The number of nitrogens with one attached hydrogen (secondary N) is 1. The largest absolute Gasteiger partial charge is 1.00 e. The molecule has 3 rings (SSSR count). The number of phosphoric acid groups is 1. The second-order valence-electron chi connectivity index (χ2n) is 7.99. The molecular formula is C19H27F3N2Na2O9PS+. The Labute approximate surface area is 257 Å². The van der Waals surface area contributed by atoms with E-state index in [2.05, 4.69) is 14.0 Å². The van der Waals surface area contributed by atoms with Gasteiger partial charge in [-0.3, -0.25) is 4.57 Å². The Balaban J connectivity index is 0.00000432. The van der Waals surface area contributed by atoms with Crippen LogP contribution in [0.3, 0.4) is 0 Å². The summed E-state index contributed by atoms with van der Waals surface area (Å²) in [6.07, 6.45) is -8.59. The van der Waals surface area contributed by atoms with Gasteiger partial charge in [-0.15, -0.1) is 0 Å². The zero-order chi connectivity index (χ0) is 25.2. The van der Waals surface area contributed by atoms with E-state index in [-0.39, 0.29) is 104 Å². The smallest absolute Gasteiger partial charge is 0.756 e. The number of hydrogen-bond donors (Lipinski definition) is 2. The molecule has 0 aromatic heterocycles. The van der Waals surface area contributed by atoms with Crippen LogP contribution in [-0.4, -0.2) is 74.5 Å². The van der Waals surface area contributed by atoms with E-state index in [4.69, 9.17) is 9.63 Å². The molecule has 3 atom stereocenters. The summed E-state index contributed by atoms with van der Waals surface area (Å²) in [6, 6.07) is 7.26. The van der Waals surface area contributed by atoms with Gasteiger partial charge in [0.1, 0.15) is 6.61 Å². The number of alkyl halides is 3. The molecule has 1 amide bonds. The average Bonchev–Trinajstić information content (AvgIpc) is 3.11. The number of ether oxygens (including phenoxy) is 2. The van der Waals surface area contributed by atoms with E-state index >= 15 is 0 Å². The fourth-order valence-electron chi connectivity index (χ4n) is 3.81. The van der Waals surface area contributed by atoms with Gasteiger partial charge in [0, 0.05) is 19.1 Å². The third kappa shape index (κ3) is 11.0. The van der Waals surface area contributed by atoms with Crippen molar-refractivity contribution >= 4 is 23.9 Å². The van der Waals surface area contributed by atoms with Crippen molar-refractivity contribution < 1.29 is 114 Å². The van der Waals surface area contributed by atoms with E-state index < -0.39 is 54.5 Å². The molecule has 37 heavy (non-hydrogen) atoms. The molecule has 0 aliphatic carbocycles. The summed E-state index contributed by atoms with van der Waals surface area (Å²) in [6.45, 7) is -1.57. The molecule has 18 heteroatoms. The molecule has 2 aliphatic rings. The molecule has 2 aliphatic heterocycles. The molecule has 2 fully saturated rings. The molecule has 200 valence electrons. The van der Waals surface area contributed by atoms with Gasteiger partial charge in [0.2, 0.25) is 16.1 Å². The Hall–Kier alpha value is 0.260. The maximum atomic E-state index is 13.0. The number of carbonyl (C=O) groups is 1. The van der Waals surface area contributed by atoms with Gasteiger partial charge in [-0.1, -0.05) is 25.6 Å².